The molecule has 1 aromatic heterocycles. The summed E-state index contributed by atoms with van der Waals surface area (Å²) in [5.41, 5.74) is 7.44. The van der Waals surface area contributed by atoms with Gasteiger partial charge in [0.15, 0.2) is 0 Å². The van der Waals surface area contributed by atoms with Gasteiger partial charge in [0.25, 0.3) is 0 Å². The third-order valence-corrected chi connectivity index (χ3v) is 3.97. The van der Waals surface area contributed by atoms with E-state index in [4.69, 9.17) is 5.73 Å². The van der Waals surface area contributed by atoms with Crippen LogP contribution in [0.5, 0.6) is 0 Å². The van der Waals surface area contributed by atoms with Crippen molar-refractivity contribution in [3.8, 4) is 11.3 Å². The second kappa shape index (κ2) is 7.17. The lowest BCUT2D eigenvalue weighted by Gasteiger charge is -2.10. The molecule has 0 saturated carbocycles. The summed E-state index contributed by atoms with van der Waals surface area (Å²) in [6, 6.07) is 9.96. The Morgan fingerprint density at radius 3 is 2.85 bits per heavy atom. The predicted molar refractivity (Wildman–Crippen MR) is 82.4 cm³/mol. The van der Waals surface area contributed by atoms with E-state index in [0.717, 1.165) is 16.3 Å². The zero-order valence-electron chi connectivity index (χ0n) is 11.5. The van der Waals surface area contributed by atoms with Gasteiger partial charge in [-0.1, -0.05) is 30.3 Å². The first-order chi connectivity index (χ1) is 9.70. The van der Waals surface area contributed by atoms with Gasteiger partial charge in [-0.25, -0.2) is 4.98 Å². The molecule has 1 unspecified atom stereocenters. The van der Waals surface area contributed by atoms with Gasteiger partial charge in [0.2, 0.25) is 5.91 Å². The molecule has 0 aliphatic carbocycles. The van der Waals surface area contributed by atoms with E-state index < -0.39 is 0 Å². The van der Waals surface area contributed by atoms with Crippen LogP contribution in [0.4, 0.5) is 0 Å². The van der Waals surface area contributed by atoms with Crippen LogP contribution in [0.2, 0.25) is 0 Å². The Balaban J connectivity index is 2.00. The molecule has 0 fully saturated rings. The van der Waals surface area contributed by atoms with Crippen LogP contribution in [0.1, 0.15) is 30.8 Å². The Morgan fingerprint density at radius 2 is 2.15 bits per heavy atom. The standard InChI is InChI=1S/C15H19N3OS/c1-11(17-14(19)8-5-9-16)15-18-13(10-20-15)12-6-3-2-4-7-12/h2-4,6-7,10-11H,5,8-9,16H2,1H3,(H,17,19). The highest BCUT2D eigenvalue weighted by Crippen LogP contribution is 2.25. The average molecular weight is 289 g/mol. The maximum absolute atomic E-state index is 11.7. The van der Waals surface area contributed by atoms with Crippen LogP contribution in [0.15, 0.2) is 35.7 Å². The fourth-order valence-electron chi connectivity index (χ4n) is 1.87. The van der Waals surface area contributed by atoms with Crippen molar-refractivity contribution < 1.29 is 4.79 Å². The molecular weight excluding hydrogens is 270 g/mol. The second-order valence-electron chi connectivity index (χ2n) is 4.62. The van der Waals surface area contributed by atoms with Crippen LogP contribution in [-0.4, -0.2) is 17.4 Å². The van der Waals surface area contributed by atoms with Crippen molar-refractivity contribution in [2.24, 2.45) is 5.73 Å². The summed E-state index contributed by atoms with van der Waals surface area (Å²) >= 11 is 1.57. The lowest BCUT2D eigenvalue weighted by atomic mass is 10.2. The maximum Gasteiger partial charge on any atom is 0.220 e. The average Bonchev–Trinajstić information content (AvgIpc) is 2.96. The summed E-state index contributed by atoms with van der Waals surface area (Å²) in [5.74, 6) is 0.0272. The number of carbonyl (C=O) groups is 1. The molecule has 1 aromatic carbocycles. The Morgan fingerprint density at radius 1 is 1.40 bits per heavy atom. The van der Waals surface area contributed by atoms with E-state index in [-0.39, 0.29) is 11.9 Å². The first-order valence-corrected chi connectivity index (χ1v) is 7.59. The molecule has 3 N–H and O–H groups in total. The second-order valence-corrected chi connectivity index (χ2v) is 5.51. The fraction of sp³-hybridized carbons (Fsp3) is 0.333. The number of hydrogen-bond acceptors (Lipinski definition) is 4. The number of aromatic nitrogens is 1. The monoisotopic (exact) mass is 289 g/mol. The first kappa shape index (κ1) is 14.7. The highest BCUT2D eigenvalue weighted by atomic mass is 32.1. The Bertz CT molecular complexity index is 553. The smallest absolute Gasteiger partial charge is 0.220 e. The van der Waals surface area contributed by atoms with Gasteiger partial charge in [0, 0.05) is 17.4 Å². The number of benzene rings is 1. The zero-order valence-corrected chi connectivity index (χ0v) is 12.3. The molecule has 1 atom stereocenters. The van der Waals surface area contributed by atoms with Crippen LogP contribution >= 0.6 is 11.3 Å². The van der Waals surface area contributed by atoms with Crippen LogP contribution in [0.25, 0.3) is 11.3 Å². The van der Waals surface area contributed by atoms with Gasteiger partial charge in [-0.15, -0.1) is 11.3 Å². The molecule has 1 amide bonds. The van der Waals surface area contributed by atoms with Gasteiger partial charge in [-0.2, -0.15) is 0 Å². The van der Waals surface area contributed by atoms with Gasteiger partial charge in [0.1, 0.15) is 5.01 Å². The zero-order chi connectivity index (χ0) is 14.4. The number of nitrogens with one attached hydrogen (secondary N) is 1. The van der Waals surface area contributed by atoms with Crippen LogP contribution in [0, 0.1) is 0 Å². The molecule has 20 heavy (non-hydrogen) atoms. The summed E-state index contributed by atoms with van der Waals surface area (Å²) < 4.78 is 0. The summed E-state index contributed by atoms with van der Waals surface area (Å²) in [6.45, 7) is 2.49. The van der Waals surface area contributed by atoms with Gasteiger partial charge in [-0.3, -0.25) is 4.79 Å². The number of nitrogens with zero attached hydrogens (tertiary/aromatic N) is 1. The van der Waals surface area contributed by atoms with E-state index in [9.17, 15) is 4.79 Å². The summed E-state index contributed by atoms with van der Waals surface area (Å²) in [7, 11) is 0. The maximum atomic E-state index is 11.7. The number of amides is 1. The summed E-state index contributed by atoms with van der Waals surface area (Å²) in [4.78, 5) is 16.3. The van der Waals surface area contributed by atoms with E-state index in [1.54, 1.807) is 11.3 Å². The molecule has 1 heterocycles. The molecule has 5 heteroatoms. The van der Waals surface area contributed by atoms with Crippen LogP contribution in [-0.2, 0) is 4.79 Å². The minimum absolute atomic E-state index is 0.0272. The largest absolute Gasteiger partial charge is 0.347 e. The SMILES string of the molecule is CC(NC(=O)CCCN)c1nc(-c2ccccc2)cs1. The highest BCUT2D eigenvalue weighted by molar-refractivity contribution is 7.10. The Kier molecular flexibility index (Phi) is 5.26. The lowest BCUT2D eigenvalue weighted by molar-refractivity contribution is -0.121. The van der Waals surface area contributed by atoms with E-state index in [1.807, 2.05) is 42.6 Å². The van der Waals surface area contributed by atoms with Crippen LogP contribution in [0.3, 0.4) is 0 Å². The summed E-state index contributed by atoms with van der Waals surface area (Å²) in [6.07, 6.45) is 1.18. The van der Waals surface area contributed by atoms with E-state index in [1.165, 1.54) is 0 Å². The molecule has 2 rings (SSSR count). The van der Waals surface area contributed by atoms with Crippen molar-refractivity contribution >= 4 is 17.2 Å². The third kappa shape index (κ3) is 3.88. The van der Waals surface area contributed by atoms with Crippen molar-refractivity contribution in [2.75, 3.05) is 6.54 Å². The highest BCUT2D eigenvalue weighted by Gasteiger charge is 2.13. The van der Waals surface area contributed by atoms with E-state index in [2.05, 4.69) is 10.3 Å². The number of carbonyl (C=O) groups excluding carboxylic acids is 1. The number of thiazole rings is 1. The molecule has 0 aliphatic rings. The van der Waals surface area contributed by atoms with Gasteiger partial charge in [0.05, 0.1) is 11.7 Å². The van der Waals surface area contributed by atoms with Crippen LogP contribution < -0.4 is 11.1 Å². The Labute approximate surface area is 123 Å². The quantitative estimate of drug-likeness (QED) is 0.859. The normalized spacial score (nSPS) is 12.1. The molecule has 0 spiro atoms. The van der Waals surface area contributed by atoms with Gasteiger partial charge < -0.3 is 11.1 Å². The molecule has 0 aliphatic heterocycles. The predicted octanol–water partition coefficient (Wildman–Crippen LogP) is 2.73. The summed E-state index contributed by atoms with van der Waals surface area (Å²) in [5, 5.41) is 5.89. The number of rotatable bonds is 6. The van der Waals surface area contributed by atoms with Crippen molar-refractivity contribution in [3.63, 3.8) is 0 Å². The fourth-order valence-corrected chi connectivity index (χ4v) is 2.70. The topological polar surface area (TPSA) is 68.0 Å². The van der Waals surface area contributed by atoms with Gasteiger partial charge in [-0.05, 0) is 19.9 Å². The minimum Gasteiger partial charge on any atom is -0.347 e. The molecular formula is C15H19N3OS. The molecule has 0 radical (unpaired) electrons. The van der Waals surface area contributed by atoms with Crippen molar-refractivity contribution in [1.82, 2.24) is 10.3 Å². The van der Waals surface area contributed by atoms with Crippen molar-refractivity contribution in [1.29, 1.82) is 0 Å². The lowest BCUT2D eigenvalue weighted by Crippen LogP contribution is -2.26. The minimum atomic E-state index is -0.0669. The number of nitrogens with two attached hydrogens (primary N) is 1. The first-order valence-electron chi connectivity index (χ1n) is 6.71. The van der Waals surface area contributed by atoms with Gasteiger partial charge >= 0.3 is 0 Å². The van der Waals surface area contributed by atoms with E-state index in [0.29, 0.717) is 19.4 Å². The van der Waals surface area contributed by atoms with E-state index >= 15 is 0 Å². The Hall–Kier alpha value is -1.72. The van der Waals surface area contributed by atoms with Crippen molar-refractivity contribution in [3.05, 3.63) is 40.7 Å². The molecule has 2 aromatic rings. The number of hydrogen-bond donors (Lipinski definition) is 2. The molecule has 0 saturated heterocycles. The molecule has 0 bridgehead atoms. The third-order valence-electron chi connectivity index (χ3n) is 2.95. The molecule has 4 nitrogen and oxygen atoms in total. The van der Waals surface area contributed by atoms with Crippen molar-refractivity contribution in [2.45, 2.75) is 25.8 Å². The molecule has 106 valence electrons.